The van der Waals surface area contributed by atoms with E-state index in [-0.39, 0.29) is 5.54 Å². The van der Waals surface area contributed by atoms with Crippen LogP contribution in [0.4, 0.5) is 4.39 Å². The number of hydrogen-bond acceptors (Lipinski definition) is 1. The van der Waals surface area contributed by atoms with Gasteiger partial charge in [-0.15, -0.1) is 0 Å². The van der Waals surface area contributed by atoms with Gasteiger partial charge in [0, 0.05) is 5.54 Å². The van der Waals surface area contributed by atoms with Crippen molar-refractivity contribution >= 4 is 5.91 Å². The van der Waals surface area contributed by atoms with Crippen LogP contribution in [0.15, 0.2) is 30.3 Å². The Hall–Kier alpha value is -1.38. The first-order chi connectivity index (χ1) is 7.76. The highest BCUT2D eigenvalue weighted by atomic mass is 19.1. The summed E-state index contributed by atoms with van der Waals surface area (Å²) in [5, 5.41) is 0. The number of carbonyl (C=O) groups is 1. The minimum Gasteiger partial charge on any atom is -0.324 e. The second-order valence-electron chi connectivity index (χ2n) is 5.73. The molecule has 3 heteroatoms. The lowest BCUT2D eigenvalue weighted by Gasteiger charge is -2.56. The van der Waals surface area contributed by atoms with Gasteiger partial charge in [0.1, 0.15) is 6.04 Å². The van der Waals surface area contributed by atoms with Crippen molar-refractivity contribution in [2.24, 2.45) is 0 Å². The average molecular weight is 235 g/mol. The number of carbonyl (C=O) groups excluding carboxylic acids is 1. The van der Waals surface area contributed by atoms with Crippen molar-refractivity contribution in [3.63, 3.8) is 0 Å². The molecule has 1 aliphatic heterocycles. The van der Waals surface area contributed by atoms with E-state index in [1.54, 1.807) is 4.90 Å². The number of likely N-dealkylation sites (tertiary alicyclic amines) is 1. The van der Waals surface area contributed by atoms with Gasteiger partial charge in [-0.3, -0.25) is 4.79 Å². The molecular formula is C14H18FNO. The molecule has 0 bridgehead atoms. The van der Waals surface area contributed by atoms with Crippen molar-refractivity contribution in [2.45, 2.75) is 44.9 Å². The Morgan fingerprint density at radius 1 is 1.24 bits per heavy atom. The van der Waals surface area contributed by atoms with E-state index in [0.29, 0.717) is 0 Å². The highest BCUT2D eigenvalue weighted by Crippen LogP contribution is 2.49. The maximum Gasteiger partial charge on any atom is 0.263 e. The number of halogens is 1. The molecule has 0 aliphatic carbocycles. The lowest BCUT2D eigenvalue weighted by atomic mass is 9.77. The maximum absolute atomic E-state index is 14.3. The van der Waals surface area contributed by atoms with Crippen LogP contribution in [-0.2, 0) is 4.79 Å². The molecule has 0 radical (unpaired) electrons. The van der Waals surface area contributed by atoms with Gasteiger partial charge in [-0.2, -0.15) is 0 Å². The maximum atomic E-state index is 14.3. The first-order valence-corrected chi connectivity index (χ1v) is 5.84. The lowest BCUT2D eigenvalue weighted by molar-refractivity contribution is -0.186. The Balaban J connectivity index is 2.41. The second kappa shape index (κ2) is 3.56. The molecule has 17 heavy (non-hydrogen) atoms. The van der Waals surface area contributed by atoms with Gasteiger partial charge in [0.25, 0.3) is 5.91 Å². The fourth-order valence-corrected chi connectivity index (χ4v) is 2.44. The standard InChI is InChI=1S/C14H18FNO/c1-13(2,3)16-11(14(4,15)12(16)17)10-8-6-5-7-9-10/h5-9,11H,1-4H3/t11-,14+/m0/s1. The quantitative estimate of drug-likeness (QED) is 0.685. The van der Waals surface area contributed by atoms with Gasteiger partial charge >= 0.3 is 0 Å². The molecule has 1 aromatic carbocycles. The van der Waals surface area contributed by atoms with Crippen molar-refractivity contribution < 1.29 is 9.18 Å². The molecular weight excluding hydrogens is 217 g/mol. The molecule has 2 atom stereocenters. The molecule has 92 valence electrons. The second-order valence-corrected chi connectivity index (χ2v) is 5.73. The Kier molecular flexibility index (Phi) is 2.53. The van der Waals surface area contributed by atoms with Gasteiger partial charge in [-0.05, 0) is 33.3 Å². The van der Waals surface area contributed by atoms with Crippen LogP contribution in [0.2, 0.25) is 0 Å². The lowest BCUT2D eigenvalue weighted by Crippen LogP contribution is -2.69. The van der Waals surface area contributed by atoms with Crippen molar-refractivity contribution in [2.75, 3.05) is 0 Å². The Morgan fingerprint density at radius 2 is 1.76 bits per heavy atom. The van der Waals surface area contributed by atoms with Crippen molar-refractivity contribution in [1.82, 2.24) is 4.90 Å². The molecule has 0 saturated carbocycles. The number of alkyl halides is 1. The molecule has 1 saturated heterocycles. The highest BCUT2D eigenvalue weighted by molar-refractivity contribution is 5.93. The van der Waals surface area contributed by atoms with Crippen LogP contribution in [-0.4, -0.2) is 22.0 Å². The summed E-state index contributed by atoms with van der Waals surface area (Å²) in [7, 11) is 0. The van der Waals surface area contributed by atoms with Gasteiger partial charge in [-0.25, -0.2) is 4.39 Å². The Labute approximate surface area is 101 Å². The van der Waals surface area contributed by atoms with Crippen LogP contribution in [0.5, 0.6) is 0 Å². The SMILES string of the molecule is CC(C)(C)N1C(=O)[C@](C)(F)[C@@H]1c1ccccc1. The summed E-state index contributed by atoms with van der Waals surface area (Å²) in [5.41, 5.74) is -1.29. The first kappa shape index (κ1) is 12.1. The molecule has 0 aromatic heterocycles. The number of benzene rings is 1. The zero-order valence-electron chi connectivity index (χ0n) is 10.7. The summed E-state index contributed by atoms with van der Waals surface area (Å²) in [6.07, 6.45) is 0. The molecule has 0 spiro atoms. The van der Waals surface area contributed by atoms with Crippen molar-refractivity contribution in [3.05, 3.63) is 35.9 Å². The third-order valence-electron chi connectivity index (χ3n) is 3.25. The predicted molar refractivity (Wildman–Crippen MR) is 65.3 cm³/mol. The summed E-state index contributed by atoms with van der Waals surface area (Å²) in [6, 6.07) is 8.89. The molecule has 1 amide bonds. The molecule has 1 heterocycles. The average Bonchev–Trinajstić information content (AvgIpc) is 2.24. The van der Waals surface area contributed by atoms with Gasteiger partial charge in [-0.1, -0.05) is 30.3 Å². The normalized spacial score (nSPS) is 29.1. The van der Waals surface area contributed by atoms with Crippen LogP contribution in [0, 0.1) is 0 Å². The monoisotopic (exact) mass is 235 g/mol. The summed E-state index contributed by atoms with van der Waals surface area (Å²) in [6.45, 7) is 7.15. The van der Waals surface area contributed by atoms with E-state index >= 15 is 0 Å². The summed E-state index contributed by atoms with van der Waals surface area (Å²) >= 11 is 0. The summed E-state index contributed by atoms with van der Waals surface area (Å²) in [4.78, 5) is 13.5. The van der Waals surface area contributed by atoms with Crippen LogP contribution in [0.3, 0.4) is 0 Å². The van der Waals surface area contributed by atoms with E-state index in [0.717, 1.165) is 5.56 Å². The number of β-lactam (4-membered cyclic amide) rings is 1. The molecule has 2 rings (SSSR count). The fraction of sp³-hybridized carbons (Fsp3) is 0.500. The van der Waals surface area contributed by atoms with E-state index in [1.165, 1.54) is 6.92 Å². The molecule has 1 aromatic rings. The van der Waals surface area contributed by atoms with Crippen LogP contribution in [0.1, 0.15) is 39.3 Å². The zero-order chi connectivity index (χ0) is 12.8. The number of amides is 1. The molecule has 1 fully saturated rings. The highest BCUT2D eigenvalue weighted by Gasteiger charge is 2.61. The van der Waals surface area contributed by atoms with Crippen molar-refractivity contribution in [3.8, 4) is 0 Å². The van der Waals surface area contributed by atoms with E-state index in [2.05, 4.69) is 0 Å². The third kappa shape index (κ3) is 1.74. The number of hydrogen-bond donors (Lipinski definition) is 0. The first-order valence-electron chi connectivity index (χ1n) is 5.84. The molecule has 0 N–H and O–H groups in total. The molecule has 0 unspecified atom stereocenters. The van der Waals surface area contributed by atoms with Gasteiger partial charge in [0.15, 0.2) is 0 Å². The van der Waals surface area contributed by atoms with E-state index in [4.69, 9.17) is 0 Å². The topological polar surface area (TPSA) is 20.3 Å². The van der Waals surface area contributed by atoms with Gasteiger partial charge < -0.3 is 4.90 Å². The number of nitrogens with zero attached hydrogens (tertiary/aromatic N) is 1. The smallest absolute Gasteiger partial charge is 0.263 e. The predicted octanol–water partition coefficient (Wildman–Crippen LogP) is 3.10. The third-order valence-corrected chi connectivity index (χ3v) is 3.25. The van der Waals surface area contributed by atoms with Gasteiger partial charge in [0.05, 0.1) is 0 Å². The molecule has 1 aliphatic rings. The van der Waals surface area contributed by atoms with Crippen LogP contribution >= 0.6 is 0 Å². The van der Waals surface area contributed by atoms with Crippen LogP contribution < -0.4 is 0 Å². The van der Waals surface area contributed by atoms with Crippen LogP contribution in [0.25, 0.3) is 0 Å². The summed E-state index contributed by atoms with van der Waals surface area (Å²) < 4.78 is 14.3. The Morgan fingerprint density at radius 3 is 2.24 bits per heavy atom. The number of rotatable bonds is 1. The zero-order valence-corrected chi connectivity index (χ0v) is 10.7. The largest absolute Gasteiger partial charge is 0.324 e. The van der Waals surface area contributed by atoms with E-state index in [9.17, 15) is 9.18 Å². The Bertz CT molecular complexity index is 433. The van der Waals surface area contributed by atoms with Crippen molar-refractivity contribution in [1.29, 1.82) is 0 Å². The summed E-state index contributed by atoms with van der Waals surface area (Å²) in [5.74, 6) is -0.418. The minimum absolute atomic E-state index is 0.358. The fourth-order valence-electron chi connectivity index (χ4n) is 2.44. The van der Waals surface area contributed by atoms with E-state index < -0.39 is 17.6 Å². The van der Waals surface area contributed by atoms with Gasteiger partial charge in [0.2, 0.25) is 5.67 Å². The van der Waals surface area contributed by atoms with E-state index in [1.807, 2.05) is 51.1 Å². The molecule has 2 nitrogen and oxygen atoms in total. The minimum atomic E-state index is -1.78.